The van der Waals surface area contributed by atoms with E-state index in [1.54, 1.807) is 0 Å². The van der Waals surface area contributed by atoms with E-state index in [1.807, 2.05) is 25.2 Å². The Morgan fingerprint density at radius 2 is 2.33 bits per heavy atom. The standard InChI is InChI=1S/C15H20/c1-4-5-6-8-13(2)11-15-10-7-9-14(3)12-15/h4-10,14H,2,11-12H2,1,3H3/b5-4-,8-6-. The molecule has 0 nitrogen and oxygen atoms in total. The van der Waals surface area contributed by atoms with Crippen LogP contribution in [0.5, 0.6) is 0 Å². The highest BCUT2D eigenvalue weighted by molar-refractivity contribution is 5.29. The van der Waals surface area contributed by atoms with Crippen molar-refractivity contribution >= 4 is 0 Å². The van der Waals surface area contributed by atoms with Gasteiger partial charge in [0, 0.05) is 0 Å². The van der Waals surface area contributed by atoms with Crippen molar-refractivity contribution in [2.24, 2.45) is 5.92 Å². The van der Waals surface area contributed by atoms with E-state index in [9.17, 15) is 0 Å². The molecule has 0 heterocycles. The van der Waals surface area contributed by atoms with E-state index in [2.05, 4.69) is 37.8 Å². The van der Waals surface area contributed by atoms with E-state index in [0.717, 1.165) is 6.42 Å². The van der Waals surface area contributed by atoms with Crippen LogP contribution in [0.1, 0.15) is 26.7 Å². The summed E-state index contributed by atoms with van der Waals surface area (Å²) in [6.45, 7) is 8.33. The molecule has 0 aromatic heterocycles. The summed E-state index contributed by atoms with van der Waals surface area (Å²) >= 11 is 0. The van der Waals surface area contributed by atoms with Crippen molar-refractivity contribution in [3.05, 3.63) is 60.3 Å². The van der Waals surface area contributed by atoms with Gasteiger partial charge in [0.05, 0.1) is 0 Å². The maximum absolute atomic E-state index is 4.06. The minimum Gasteiger partial charge on any atom is -0.0955 e. The average Bonchev–Trinajstić information content (AvgIpc) is 2.18. The number of hydrogen-bond donors (Lipinski definition) is 0. The monoisotopic (exact) mass is 200 g/mol. The Bertz CT molecular complexity index is 324. The smallest absolute Gasteiger partial charge is 0.00696 e. The van der Waals surface area contributed by atoms with Gasteiger partial charge in [0.15, 0.2) is 0 Å². The van der Waals surface area contributed by atoms with Crippen molar-refractivity contribution in [3.63, 3.8) is 0 Å². The molecule has 0 amide bonds. The summed E-state index contributed by atoms with van der Waals surface area (Å²) in [5, 5.41) is 0. The summed E-state index contributed by atoms with van der Waals surface area (Å²) in [6, 6.07) is 0. The minimum absolute atomic E-state index is 0.678. The maximum atomic E-state index is 4.06. The lowest BCUT2D eigenvalue weighted by molar-refractivity contribution is 0.694. The lowest BCUT2D eigenvalue weighted by atomic mass is 9.92. The highest BCUT2D eigenvalue weighted by atomic mass is 14.1. The van der Waals surface area contributed by atoms with E-state index < -0.39 is 0 Å². The molecule has 0 spiro atoms. The highest BCUT2D eigenvalue weighted by Gasteiger charge is 2.06. The van der Waals surface area contributed by atoms with Crippen LogP contribution in [0.25, 0.3) is 0 Å². The van der Waals surface area contributed by atoms with Gasteiger partial charge in [0.25, 0.3) is 0 Å². The van der Waals surface area contributed by atoms with Crippen LogP contribution in [0, 0.1) is 5.92 Å². The van der Waals surface area contributed by atoms with Crippen LogP contribution in [0.2, 0.25) is 0 Å². The van der Waals surface area contributed by atoms with Crippen molar-refractivity contribution in [1.82, 2.24) is 0 Å². The third-order valence-electron chi connectivity index (χ3n) is 2.45. The first kappa shape index (κ1) is 11.8. The van der Waals surface area contributed by atoms with Crippen LogP contribution in [-0.4, -0.2) is 0 Å². The minimum atomic E-state index is 0.678. The molecule has 0 aliphatic heterocycles. The van der Waals surface area contributed by atoms with Crippen molar-refractivity contribution in [2.45, 2.75) is 26.7 Å². The first-order valence-corrected chi connectivity index (χ1v) is 5.55. The van der Waals surface area contributed by atoms with Crippen molar-refractivity contribution < 1.29 is 0 Å². The largest absolute Gasteiger partial charge is 0.0955 e. The van der Waals surface area contributed by atoms with Gasteiger partial charge in [0.1, 0.15) is 0 Å². The van der Waals surface area contributed by atoms with E-state index >= 15 is 0 Å². The van der Waals surface area contributed by atoms with Crippen molar-refractivity contribution in [2.75, 3.05) is 0 Å². The van der Waals surface area contributed by atoms with E-state index in [1.165, 1.54) is 17.6 Å². The molecule has 0 bridgehead atoms. The first-order chi connectivity index (χ1) is 7.22. The van der Waals surface area contributed by atoms with Gasteiger partial charge in [-0.15, -0.1) is 0 Å². The van der Waals surface area contributed by atoms with Crippen LogP contribution in [0.3, 0.4) is 0 Å². The fourth-order valence-electron chi connectivity index (χ4n) is 1.72. The van der Waals surface area contributed by atoms with Crippen LogP contribution < -0.4 is 0 Å². The quantitative estimate of drug-likeness (QED) is 0.582. The van der Waals surface area contributed by atoms with Crippen molar-refractivity contribution in [1.29, 1.82) is 0 Å². The summed E-state index contributed by atoms with van der Waals surface area (Å²) in [4.78, 5) is 0. The lowest BCUT2D eigenvalue weighted by Gasteiger charge is -2.14. The number of rotatable bonds is 4. The van der Waals surface area contributed by atoms with Gasteiger partial charge in [0.2, 0.25) is 0 Å². The molecule has 0 fully saturated rings. The molecular formula is C15H20. The summed E-state index contributed by atoms with van der Waals surface area (Å²) in [5.74, 6) is 0.678. The Kier molecular flexibility index (Phi) is 4.89. The van der Waals surface area contributed by atoms with Gasteiger partial charge < -0.3 is 0 Å². The molecule has 0 aromatic rings. The number of allylic oxidation sites excluding steroid dienone is 9. The van der Waals surface area contributed by atoms with Crippen LogP contribution in [-0.2, 0) is 0 Å². The molecule has 1 aliphatic rings. The highest BCUT2D eigenvalue weighted by Crippen LogP contribution is 2.23. The van der Waals surface area contributed by atoms with Gasteiger partial charge in [-0.05, 0) is 25.7 Å². The zero-order chi connectivity index (χ0) is 11.1. The Balaban J connectivity index is 2.45. The zero-order valence-corrected chi connectivity index (χ0v) is 9.74. The molecule has 0 aromatic carbocycles. The molecule has 15 heavy (non-hydrogen) atoms. The van der Waals surface area contributed by atoms with Gasteiger partial charge in [-0.25, -0.2) is 0 Å². The van der Waals surface area contributed by atoms with E-state index in [-0.39, 0.29) is 0 Å². The molecule has 0 saturated heterocycles. The van der Waals surface area contributed by atoms with Gasteiger partial charge in [-0.3, -0.25) is 0 Å². The van der Waals surface area contributed by atoms with Gasteiger partial charge >= 0.3 is 0 Å². The van der Waals surface area contributed by atoms with Crippen LogP contribution in [0.4, 0.5) is 0 Å². The Labute approximate surface area is 93.4 Å². The predicted octanol–water partition coefficient (Wildman–Crippen LogP) is 4.59. The molecule has 1 unspecified atom stereocenters. The molecule has 0 N–H and O–H groups in total. The summed E-state index contributed by atoms with van der Waals surface area (Å²) in [6.07, 6.45) is 17.0. The molecule has 0 heteroatoms. The SMILES string of the molecule is C=C(/C=C\C=C/C)CC1=CC=CC(C)C1. The van der Waals surface area contributed by atoms with Crippen LogP contribution >= 0.6 is 0 Å². The zero-order valence-electron chi connectivity index (χ0n) is 9.74. The summed E-state index contributed by atoms with van der Waals surface area (Å²) in [7, 11) is 0. The Morgan fingerprint density at radius 1 is 1.53 bits per heavy atom. The average molecular weight is 200 g/mol. The molecule has 0 radical (unpaired) electrons. The third kappa shape index (κ3) is 4.64. The van der Waals surface area contributed by atoms with E-state index in [0.29, 0.717) is 5.92 Å². The second-order valence-corrected chi connectivity index (χ2v) is 4.11. The molecule has 0 saturated carbocycles. The van der Waals surface area contributed by atoms with Crippen molar-refractivity contribution in [3.8, 4) is 0 Å². The molecule has 1 atom stereocenters. The second kappa shape index (κ2) is 6.23. The molecule has 1 aliphatic carbocycles. The second-order valence-electron chi connectivity index (χ2n) is 4.11. The molecule has 80 valence electrons. The Morgan fingerprint density at radius 3 is 3.00 bits per heavy atom. The fourth-order valence-corrected chi connectivity index (χ4v) is 1.72. The van der Waals surface area contributed by atoms with Gasteiger partial charge in [-0.2, -0.15) is 0 Å². The summed E-state index contributed by atoms with van der Waals surface area (Å²) < 4.78 is 0. The number of hydrogen-bond acceptors (Lipinski definition) is 0. The Hall–Kier alpha value is -1.30. The topological polar surface area (TPSA) is 0 Å². The predicted molar refractivity (Wildman–Crippen MR) is 68.7 cm³/mol. The normalized spacial score (nSPS) is 21.2. The first-order valence-electron chi connectivity index (χ1n) is 5.55. The fraction of sp³-hybridized carbons (Fsp3) is 0.333. The molecular weight excluding hydrogens is 180 g/mol. The third-order valence-corrected chi connectivity index (χ3v) is 2.45. The molecule has 1 rings (SSSR count). The summed E-state index contributed by atoms with van der Waals surface area (Å²) in [5.41, 5.74) is 2.67. The van der Waals surface area contributed by atoms with Crippen LogP contribution in [0.15, 0.2) is 60.3 Å². The van der Waals surface area contributed by atoms with E-state index in [4.69, 9.17) is 0 Å². The lowest BCUT2D eigenvalue weighted by Crippen LogP contribution is -1.97. The maximum Gasteiger partial charge on any atom is -0.00696 e. The van der Waals surface area contributed by atoms with Gasteiger partial charge in [-0.1, -0.05) is 67.2 Å².